The summed E-state index contributed by atoms with van der Waals surface area (Å²) in [5.74, 6) is 0. The predicted octanol–water partition coefficient (Wildman–Crippen LogP) is 5.37. The van der Waals surface area contributed by atoms with E-state index in [0.717, 1.165) is 52.3 Å². The van der Waals surface area contributed by atoms with Gasteiger partial charge in [0.1, 0.15) is 5.52 Å². The van der Waals surface area contributed by atoms with Gasteiger partial charge in [-0.1, -0.05) is 42.5 Å². The van der Waals surface area contributed by atoms with E-state index in [9.17, 15) is 14.4 Å². The van der Waals surface area contributed by atoms with Crippen LogP contribution in [0.25, 0.3) is 22.2 Å². The van der Waals surface area contributed by atoms with E-state index in [-0.39, 0.29) is 4.84 Å². The molecule has 0 saturated carbocycles. The number of allylic oxidation sites excluding steroid dienone is 8. The smallest absolute Gasteiger partial charge is 0.429 e. The Morgan fingerprint density at radius 3 is 2.27 bits per heavy atom. The fourth-order valence-corrected chi connectivity index (χ4v) is 4.77. The number of fused-ring (bicyclic) bond motifs is 1. The molecular weight excluding hydrogens is 369 g/mol. The highest BCUT2D eigenvalue weighted by Gasteiger charge is 2.28. The van der Waals surface area contributed by atoms with Crippen LogP contribution in [0.15, 0.2) is 53.0 Å². The van der Waals surface area contributed by atoms with E-state index >= 15 is 0 Å². The molecule has 2 aliphatic rings. The number of benzene rings is 1. The molecule has 0 radical (unpaired) electrons. The number of nitrogens with zero attached hydrogens (tertiary/aromatic N) is 1. The third kappa shape index (κ3) is 2.99. The summed E-state index contributed by atoms with van der Waals surface area (Å²) in [7, 11) is -4.65. The molecule has 0 amide bonds. The van der Waals surface area contributed by atoms with Crippen molar-refractivity contribution in [3.8, 4) is 0 Å². The summed E-state index contributed by atoms with van der Waals surface area (Å²) in [6.45, 7) is 0. The average molecular weight is 387 g/mol. The molecule has 0 bridgehead atoms. The van der Waals surface area contributed by atoms with Gasteiger partial charge in [0.2, 0.25) is 0 Å². The molecular formula is C19H18NO4PS. The molecule has 1 aromatic carbocycles. The summed E-state index contributed by atoms with van der Waals surface area (Å²) in [5.41, 5.74) is 4.71. The Labute approximate surface area is 155 Å². The van der Waals surface area contributed by atoms with Crippen molar-refractivity contribution in [1.29, 1.82) is 0 Å². The summed E-state index contributed by atoms with van der Waals surface area (Å²) in [6.07, 6.45) is 15.8. The molecule has 0 spiro atoms. The largest absolute Gasteiger partial charge is 0.437 e. The van der Waals surface area contributed by atoms with Crippen molar-refractivity contribution in [2.75, 3.05) is 0 Å². The molecule has 2 aliphatic carbocycles. The van der Waals surface area contributed by atoms with Crippen molar-refractivity contribution in [2.24, 2.45) is 0 Å². The average Bonchev–Trinajstić information content (AvgIpc) is 2.98. The molecule has 1 aromatic heterocycles. The van der Waals surface area contributed by atoms with E-state index in [2.05, 4.69) is 18.2 Å². The Bertz CT molecular complexity index is 1110. The van der Waals surface area contributed by atoms with Gasteiger partial charge in [-0.15, -0.1) is 0 Å². The zero-order valence-corrected chi connectivity index (χ0v) is 15.7. The minimum atomic E-state index is -4.65. The zero-order chi connectivity index (χ0) is 18.3. The molecule has 2 N–H and O–H groups in total. The first-order valence-electron chi connectivity index (χ1n) is 8.44. The standard InChI is InChI=1S/C19H18NO4PS/c21-25(22,23)20-18-16(24-19(20)26)12-11-15(13-7-3-1-4-8-13)17(18)14-9-5-2-6-10-14/h1-3,5,7,9,11-12H,4,6,8,10H2,(H2,21,22,23). The number of hydrogen-bond donors (Lipinski definition) is 2. The zero-order valence-electron chi connectivity index (χ0n) is 14.0. The van der Waals surface area contributed by atoms with Gasteiger partial charge in [0.25, 0.3) is 4.84 Å². The van der Waals surface area contributed by atoms with Crippen molar-refractivity contribution < 1.29 is 18.8 Å². The van der Waals surface area contributed by atoms with E-state index in [4.69, 9.17) is 16.6 Å². The second kappa shape index (κ2) is 6.63. The summed E-state index contributed by atoms with van der Waals surface area (Å²) < 4.78 is 18.5. The molecule has 1 heterocycles. The minimum absolute atomic E-state index is 0.212. The van der Waals surface area contributed by atoms with Crippen molar-refractivity contribution in [3.63, 3.8) is 0 Å². The van der Waals surface area contributed by atoms with E-state index in [1.54, 1.807) is 6.07 Å². The third-order valence-electron chi connectivity index (χ3n) is 4.68. The van der Waals surface area contributed by atoms with Crippen LogP contribution in [0.1, 0.15) is 36.8 Å². The van der Waals surface area contributed by atoms with Crippen LogP contribution in [0.4, 0.5) is 0 Å². The molecule has 26 heavy (non-hydrogen) atoms. The molecule has 7 heteroatoms. The van der Waals surface area contributed by atoms with Crippen LogP contribution in [0.3, 0.4) is 0 Å². The molecule has 0 fully saturated rings. The normalized spacial score (nSPS) is 17.5. The summed E-state index contributed by atoms with van der Waals surface area (Å²) in [5, 5.41) is 0. The highest BCUT2D eigenvalue weighted by Crippen LogP contribution is 2.46. The lowest BCUT2D eigenvalue weighted by Crippen LogP contribution is -2.03. The number of hydrogen-bond acceptors (Lipinski definition) is 3. The fraction of sp³-hybridized carbons (Fsp3) is 0.211. The number of aromatic nitrogens is 1. The Hall–Kier alpha value is -1.98. The topological polar surface area (TPSA) is 75.6 Å². The number of rotatable bonds is 3. The third-order valence-corrected chi connectivity index (χ3v) is 5.98. The van der Waals surface area contributed by atoms with Crippen LogP contribution in [-0.4, -0.2) is 14.1 Å². The molecule has 2 aromatic rings. The van der Waals surface area contributed by atoms with Crippen molar-refractivity contribution in [2.45, 2.75) is 25.7 Å². The number of oxazole rings is 1. The lowest BCUT2D eigenvalue weighted by atomic mass is 9.87. The SMILES string of the molecule is O=P(O)(O)n1c(=S)oc2ccc(C3=CC=CCC3)c(C3=CC=CCC3)c21. The summed E-state index contributed by atoms with van der Waals surface area (Å²) in [6, 6.07) is 3.71. The molecule has 0 saturated heterocycles. The lowest BCUT2D eigenvalue weighted by Gasteiger charge is -2.19. The fourth-order valence-electron chi connectivity index (χ4n) is 3.56. The van der Waals surface area contributed by atoms with Crippen molar-refractivity contribution in [1.82, 2.24) is 4.34 Å². The summed E-state index contributed by atoms with van der Waals surface area (Å²) in [4.78, 5) is 19.5. The second-order valence-electron chi connectivity index (χ2n) is 6.35. The first kappa shape index (κ1) is 17.4. The molecule has 4 rings (SSSR count). The molecule has 134 valence electrons. The van der Waals surface area contributed by atoms with Gasteiger partial charge in [0.15, 0.2) is 5.58 Å². The Kier molecular flexibility index (Phi) is 4.45. The lowest BCUT2D eigenvalue weighted by molar-refractivity contribution is 0.359. The maximum atomic E-state index is 12.1. The van der Waals surface area contributed by atoms with E-state index in [1.807, 2.05) is 24.3 Å². The van der Waals surface area contributed by atoms with Gasteiger partial charge in [0, 0.05) is 5.56 Å². The van der Waals surface area contributed by atoms with Crippen LogP contribution in [-0.2, 0) is 4.57 Å². The van der Waals surface area contributed by atoms with Gasteiger partial charge in [-0.2, -0.15) is 0 Å². The molecule has 0 atom stereocenters. The van der Waals surface area contributed by atoms with E-state index < -0.39 is 7.75 Å². The molecule has 0 unspecified atom stereocenters. The van der Waals surface area contributed by atoms with Crippen molar-refractivity contribution >= 4 is 42.2 Å². The van der Waals surface area contributed by atoms with Gasteiger partial charge in [-0.25, -0.2) is 8.90 Å². The van der Waals surface area contributed by atoms with Gasteiger partial charge in [-0.3, -0.25) is 0 Å². The van der Waals surface area contributed by atoms with Crippen LogP contribution in [0, 0.1) is 4.84 Å². The first-order chi connectivity index (χ1) is 12.5. The quantitative estimate of drug-likeness (QED) is 0.547. The Balaban J connectivity index is 2.13. The van der Waals surface area contributed by atoms with Crippen LogP contribution < -0.4 is 0 Å². The van der Waals surface area contributed by atoms with E-state index in [0.29, 0.717) is 11.1 Å². The highest BCUT2D eigenvalue weighted by molar-refractivity contribution is 7.71. The highest BCUT2D eigenvalue weighted by atomic mass is 32.1. The van der Waals surface area contributed by atoms with Gasteiger partial charge < -0.3 is 14.2 Å². The monoisotopic (exact) mass is 387 g/mol. The van der Waals surface area contributed by atoms with Crippen LogP contribution in [0.2, 0.25) is 0 Å². The van der Waals surface area contributed by atoms with Gasteiger partial charge in [-0.05, 0) is 60.7 Å². The van der Waals surface area contributed by atoms with Crippen LogP contribution >= 0.6 is 20.0 Å². The van der Waals surface area contributed by atoms with Gasteiger partial charge >= 0.3 is 7.75 Å². The second-order valence-corrected chi connectivity index (χ2v) is 8.12. The molecule has 5 nitrogen and oxygen atoms in total. The minimum Gasteiger partial charge on any atom is -0.429 e. The maximum absolute atomic E-state index is 12.1. The first-order valence-corrected chi connectivity index (χ1v) is 10.4. The van der Waals surface area contributed by atoms with E-state index in [1.165, 1.54) is 0 Å². The Morgan fingerprint density at radius 1 is 1.04 bits per heavy atom. The predicted molar refractivity (Wildman–Crippen MR) is 105 cm³/mol. The van der Waals surface area contributed by atoms with Gasteiger partial charge in [0.05, 0.1) is 0 Å². The summed E-state index contributed by atoms with van der Waals surface area (Å²) >= 11 is 5.11. The Morgan fingerprint density at radius 2 is 1.69 bits per heavy atom. The van der Waals surface area contributed by atoms with Crippen LogP contribution in [0.5, 0.6) is 0 Å². The van der Waals surface area contributed by atoms with Crippen molar-refractivity contribution in [3.05, 3.63) is 64.6 Å². The maximum Gasteiger partial charge on any atom is 0.437 e. The molecule has 0 aliphatic heterocycles.